The summed E-state index contributed by atoms with van der Waals surface area (Å²) in [5.74, 6) is 0. The minimum Gasteiger partial charge on any atom is -0.311 e. The second-order valence-electron chi connectivity index (χ2n) is 6.35. The smallest absolute Gasteiger partial charge is 0.0504 e. The Morgan fingerprint density at radius 3 is 2.00 bits per heavy atom. The normalized spacial score (nSPS) is 19.9. The zero-order valence-corrected chi connectivity index (χ0v) is 13.1. The van der Waals surface area contributed by atoms with Crippen LogP contribution in [0.4, 0.5) is 0 Å². The summed E-state index contributed by atoms with van der Waals surface area (Å²) in [6.07, 6.45) is 5.28. The molecule has 1 atom stereocenters. The summed E-state index contributed by atoms with van der Waals surface area (Å²) in [6, 6.07) is 7.37. The van der Waals surface area contributed by atoms with Gasteiger partial charge >= 0.3 is 0 Å². The third-order valence-corrected chi connectivity index (χ3v) is 4.76. The molecular weight excluding hydrogens is 232 g/mol. The van der Waals surface area contributed by atoms with Gasteiger partial charge in [-0.1, -0.05) is 42.2 Å². The summed E-state index contributed by atoms with van der Waals surface area (Å²) in [4.78, 5) is 2.44. The highest BCUT2D eigenvalue weighted by molar-refractivity contribution is 5.33. The highest BCUT2D eigenvalue weighted by atomic mass is 15.2. The van der Waals surface area contributed by atoms with Gasteiger partial charge in [-0.2, -0.15) is 0 Å². The molecule has 19 heavy (non-hydrogen) atoms. The number of hydrogen-bond acceptors (Lipinski definition) is 2. The molecule has 0 aromatic heterocycles. The number of nitrogens with one attached hydrogen (secondary N) is 1. The van der Waals surface area contributed by atoms with Crippen molar-refractivity contribution in [3.63, 3.8) is 0 Å². The summed E-state index contributed by atoms with van der Waals surface area (Å²) in [7, 11) is 6.57. The Morgan fingerprint density at radius 1 is 1.05 bits per heavy atom. The van der Waals surface area contributed by atoms with E-state index in [4.69, 9.17) is 0 Å². The second-order valence-corrected chi connectivity index (χ2v) is 6.35. The fraction of sp³-hybridized carbons (Fsp3) is 0.647. The van der Waals surface area contributed by atoms with Crippen LogP contribution in [-0.2, 0) is 0 Å². The maximum Gasteiger partial charge on any atom is 0.0504 e. The van der Waals surface area contributed by atoms with E-state index in [1.165, 1.54) is 42.4 Å². The lowest BCUT2D eigenvalue weighted by molar-refractivity contribution is 0.108. The minimum absolute atomic E-state index is 0.273. The van der Waals surface area contributed by atoms with Crippen LogP contribution in [0.5, 0.6) is 0 Å². The summed E-state index contributed by atoms with van der Waals surface area (Å²) >= 11 is 0. The monoisotopic (exact) mass is 260 g/mol. The standard InChI is InChI=1S/C17H28N2/c1-13-10-14(2)12-15(11-13)16(18-3)17(19(4)5)8-6-7-9-17/h10-12,16,18H,6-9H2,1-5H3. The maximum atomic E-state index is 3.60. The predicted molar refractivity (Wildman–Crippen MR) is 82.6 cm³/mol. The third kappa shape index (κ3) is 2.70. The van der Waals surface area contributed by atoms with Crippen molar-refractivity contribution in [3.8, 4) is 0 Å². The third-order valence-electron chi connectivity index (χ3n) is 4.76. The largest absolute Gasteiger partial charge is 0.311 e. The van der Waals surface area contributed by atoms with Gasteiger partial charge in [-0.15, -0.1) is 0 Å². The van der Waals surface area contributed by atoms with Crippen LogP contribution in [0.1, 0.15) is 48.4 Å². The van der Waals surface area contributed by atoms with E-state index in [9.17, 15) is 0 Å². The summed E-state index contributed by atoms with van der Waals surface area (Å²) in [5.41, 5.74) is 4.44. The maximum absolute atomic E-state index is 3.60. The molecule has 106 valence electrons. The van der Waals surface area contributed by atoms with Crippen molar-refractivity contribution in [2.24, 2.45) is 0 Å². The van der Waals surface area contributed by atoms with Crippen LogP contribution >= 0.6 is 0 Å². The summed E-state index contributed by atoms with van der Waals surface area (Å²) < 4.78 is 0. The van der Waals surface area contributed by atoms with Gasteiger partial charge < -0.3 is 10.2 Å². The topological polar surface area (TPSA) is 15.3 Å². The van der Waals surface area contributed by atoms with E-state index in [-0.39, 0.29) is 5.54 Å². The lowest BCUT2D eigenvalue weighted by Gasteiger charge is -2.43. The molecule has 1 unspecified atom stereocenters. The Bertz CT molecular complexity index is 411. The fourth-order valence-electron chi connectivity index (χ4n) is 3.90. The van der Waals surface area contributed by atoms with Crippen molar-refractivity contribution >= 4 is 0 Å². The van der Waals surface area contributed by atoms with Crippen molar-refractivity contribution < 1.29 is 0 Å². The molecule has 0 aliphatic heterocycles. The van der Waals surface area contributed by atoms with Gasteiger partial charge in [0, 0.05) is 5.54 Å². The molecule has 1 aliphatic rings. The van der Waals surface area contributed by atoms with Crippen LogP contribution in [0.3, 0.4) is 0 Å². The Labute approximate surface area is 118 Å². The van der Waals surface area contributed by atoms with Crippen molar-refractivity contribution in [3.05, 3.63) is 34.9 Å². The van der Waals surface area contributed by atoms with Crippen LogP contribution < -0.4 is 5.32 Å². The number of nitrogens with zero attached hydrogens (tertiary/aromatic N) is 1. The van der Waals surface area contributed by atoms with E-state index in [2.05, 4.69) is 63.4 Å². The quantitative estimate of drug-likeness (QED) is 0.892. The lowest BCUT2D eigenvalue weighted by atomic mass is 9.81. The van der Waals surface area contributed by atoms with Gasteiger partial charge in [0.15, 0.2) is 0 Å². The first-order chi connectivity index (χ1) is 8.99. The van der Waals surface area contributed by atoms with Gasteiger partial charge in [0.25, 0.3) is 0 Å². The molecular formula is C17H28N2. The minimum atomic E-state index is 0.273. The molecule has 2 heteroatoms. The van der Waals surface area contributed by atoms with Crippen molar-refractivity contribution in [2.45, 2.75) is 51.1 Å². The van der Waals surface area contributed by atoms with E-state index >= 15 is 0 Å². The second kappa shape index (κ2) is 5.64. The molecule has 1 aromatic rings. The van der Waals surface area contributed by atoms with Crippen LogP contribution in [0.15, 0.2) is 18.2 Å². The molecule has 0 heterocycles. The SMILES string of the molecule is CNC(c1cc(C)cc(C)c1)C1(N(C)C)CCCC1. The molecule has 0 bridgehead atoms. The van der Waals surface area contributed by atoms with Crippen LogP contribution in [0.2, 0.25) is 0 Å². The zero-order valence-electron chi connectivity index (χ0n) is 13.1. The van der Waals surface area contributed by atoms with Gasteiger partial charge in [-0.25, -0.2) is 0 Å². The Balaban J connectivity index is 2.42. The Hall–Kier alpha value is -0.860. The molecule has 1 aliphatic carbocycles. The molecule has 1 fully saturated rings. The van der Waals surface area contributed by atoms with Crippen molar-refractivity contribution in [1.82, 2.24) is 10.2 Å². The average Bonchev–Trinajstić information content (AvgIpc) is 2.79. The number of hydrogen-bond donors (Lipinski definition) is 1. The highest BCUT2D eigenvalue weighted by Crippen LogP contribution is 2.43. The van der Waals surface area contributed by atoms with Crippen molar-refractivity contribution in [2.75, 3.05) is 21.1 Å². The average molecular weight is 260 g/mol. The zero-order chi connectivity index (χ0) is 14.0. The number of rotatable bonds is 4. The fourth-order valence-corrected chi connectivity index (χ4v) is 3.90. The van der Waals surface area contributed by atoms with Crippen molar-refractivity contribution in [1.29, 1.82) is 0 Å². The van der Waals surface area contributed by atoms with Gasteiger partial charge in [-0.05, 0) is 53.4 Å². The molecule has 2 nitrogen and oxygen atoms in total. The lowest BCUT2D eigenvalue weighted by Crippen LogP contribution is -2.51. The molecule has 1 aromatic carbocycles. The van der Waals surface area contributed by atoms with Gasteiger partial charge in [0.05, 0.1) is 6.04 Å². The number of benzene rings is 1. The molecule has 0 radical (unpaired) electrons. The highest BCUT2D eigenvalue weighted by Gasteiger charge is 2.43. The first-order valence-electron chi connectivity index (χ1n) is 7.42. The van der Waals surface area contributed by atoms with Crippen LogP contribution in [0, 0.1) is 13.8 Å². The van der Waals surface area contributed by atoms with Gasteiger partial charge in [-0.3, -0.25) is 0 Å². The summed E-state index contributed by atoms with van der Waals surface area (Å²) in [5, 5.41) is 3.60. The van der Waals surface area contributed by atoms with E-state index in [1.54, 1.807) is 0 Å². The molecule has 2 rings (SSSR count). The van der Waals surface area contributed by atoms with Crippen LogP contribution in [0.25, 0.3) is 0 Å². The molecule has 0 saturated heterocycles. The molecule has 0 amide bonds. The Kier molecular flexibility index (Phi) is 4.32. The first kappa shape index (κ1) is 14.5. The predicted octanol–water partition coefficient (Wildman–Crippen LogP) is 3.44. The number of likely N-dealkylation sites (N-methyl/N-ethyl adjacent to an activating group) is 2. The van der Waals surface area contributed by atoms with E-state index in [0.29, 0.717) is 6.04 Å². The molecule has 1 N–H and O–H groups in total. The Morgan fingerprint density at radius 2 is 1.58 bits per heavy atom. The van der Waals surface area contributed by atoms with Gasteiger partial charge in [0.1, 0.15) is 0 Å². The van der Waals surface area contributed by atoms with E-state index in [1.807, 2.05) is 0 Å². The van der Waals surface area contributed by atoms with E-state index in [0.717, 1.165) is 0 Å². The van der Waals surface area contributed by atoms with Gasteiger partial charge in [0.2, 0.25) is 0 Å². The number of aryl methyl sites for hydroxylation is 2. The van der Waals surface area contributed by atoms with E-state index < -0.39 is 0 Å². The molecule has 0 spiro atoms. The first-order valence-corrected chi connectivity index (χ1v) is 7.42. The summed E-state index contributed by atoms with van der Waals surface area (Å²) in [6.45, 7) is 4.39. The van der Waals surface area contributed by atoms with Crippen LogP contribution in [-0.4, -0.2) is 31.6 Å². The molecule has 1 saturated carbocycles.